The monoisotopic (exact) mass is 320 g/mol. The van der Waals surface area contributed by atoms with Crippen molar-refractivity contribution in [3.05, 3.63) is 23.9 Å². The fourth-order valence-corrected chi connectivity index (χ4v) is 2.51. The number of carbonyl (C=O) groups is 1. The Labute approximate surface area is 138 Å². The molecule has 1 fully saturated rings. The van der Waals surface area contributed by atoms with E-state index < -0.39 is 5.60 Å². The second kappa shape index (κ2) is 7.64. The third-order valence-electron chi connectivity index (χ3n) is 3.68. The standard InChI is InChI=1S/C17H28N4O2/c1-17(2,3)23-16(22)21-12-10-20(11-13-21)15-8-4-6-14(19-15)7-5-9-18/h4,6,8H,5,7,9-13,18H2,1-3H3. The molecule has 23 heavy (non-hydrogen) atoms. The van der Waals surface area contributed by atoms with Gasteiger partial charge in [0.1, 0.15) is 11.4 Å². The molecule has 128 valence electrons. The number of anilines is 1. The smallest absolute Gasteiger partial charge is 0.410 e. The van der Waals surface area contributed by atoms with Gasteiger partial charge in [0.05, 0.1) is 0 Å². The molecule has 0 aromatic carbocycles. The van der Waals surface area contributed by atoms with E-state index in [1.807, 2.05) is 39.0 Å². The molecule has 2 N–H and O–H groups in total. The van der Waals surface area contributed by atoms with Crippen molar-refractivity contribution >= 4 is 11.9 Å². The lowest BCUT2D eigenvalue weighted by atomic mass is 10.2. The van der Waals surface area contributed by atoms with E-state index in [-0.39, 0.29) is 6.09 Å². The molecule has 0 bridgehead atoms. The highest BCUT2D eigenvalue weighted by molar-refractivity contribution is 5.68. The van der Waals surface area contributed by atoms with Crippen LogP contribution in [0.3, 0.4) is 0 Å². The van der Waals surface area contributed by atoms with Crippen LogP contribution in [0.15, 0.2) is 18.2 Å². The lowest BCUT2D eigenvalue weighted by Gasteiger charge is -2.36. The highest BCUT2D eigenvalue weighted by Crippen LogP contribution is 2.17. The fourth-order valence-electron chi connectivity index (χ4n) is 2.51. The van der Waals surface area contributed by atoms with E-state index in [0.717, 1.165) is 37.4 Å². The van der Waals surface area contributed by atoms with Crippen molar-refractivity contribution in [3.63, 3.8) is 0 Å². The van der Waals surface area contributed by atoms with Crippen LogP contribution in [0.4, 0.5) is 10.6 Å². The van der Waals surface area contributed by atoms with Crippen LogP contribution >= 0.6 is 0 Å². The van der Waals surface area contributed by atoms with E-state index in [0.29, 0.717) is 19.6 Å². The van der Waals surface area contributed by atoms with Gasteiger partial charge in [0.25, 0.3) is 0 Å². The Morgan fingerprint density at radius 2 is 1.96 bits per heavy atom. The van der Waals surface area contributed by atoms with Crippen LogP contribution in [0, 0.1) is 0 Å². The Hall–Kier alpha value is -1.82. The van der Waals surface area contributed by atoms with E-state index in [1.165, 1.54) is 0 Å². The molecule has 1 aliphatic rings. The maximum atomic E-state index is 12.1. The zero-order chi connectivity index (χ0) is 16.9. The number of aryl methyl sites for hydroxylation is 1. The number of hydrogen-bond donors (Lipinski definition) is 1. The Bertz CT molecular complexity index is 520. The van der Waals surface area contributed by atoms with Gasteiger partial charge in [-0.3, -0.25) is 0 Å². The summed E-state index contributed by atoms with van der Waals surface area (Å²) < 4.78 is 5.42. The van der Waals surface area contributed by atoms with Crippen molar-refractivity contribution < 1.29 is 9.53 Å². The van der Waals surface area contributed by atoms with Crippen LogP contribution in [0.5, 0.6) is 0 Å². The quantitative estimate of drug-likeness (QED) is 0.919. The minimum absolute atomic E-state index is 0.234. The van der Waals surface area contributed by atoms with Gasteiger partial charge in [-0.15, -0.1) is 0 Å². The van der Waals surface area contributed by atoms with Crippen LogP contribution < -0.4 is 10.6 Å². The van der Waals surface area contributed by atoms with E-state index in [2.05, 4.69) is 4.90 Å². The van der Waals surface area contributed by atoms with Gasteiger partial charge in [0, 0.05) is 31.9 Å². The van der Waals surface area contributed by atoms with Gasteiger partial charge < -0.3 is 20.3 Å². The molecule has 1 aromatic heterocycles. The normalized spacial score (nSPS) is 15.7. The minimum atomic E-state index is -0.451. The van der Waals surface area contributed by atoms with Gasteiger partial charge in [-0.25, -0.2) is 9.78 Å². The predicted molar refractivity (Wildman–Crippen MR) is 91.6 cm³/mol. The minimum Gasteiger partial charge on any atom is -0.444 e. The zero-order valence-corrected chi connectivity index (χ0v) is 14.4. The number of ether oxygens (including phenoxy) is 1. The number of hydrogen-bond acceptors (Lipinski definition) is 5. The maximum Gasteiger partial charge on any atom is 0.410 e. The number of amides is 1. The number of piperazine rings is 1. The van der Waals surface area contributed by atoms with Gasteiger partial charge in [-0.05, 0) is 52.3 Å². The Balaban J connectivity index is 1.90. The first kappa shape index (κ1) is 17.5. The van der Waals surface area contributed by atoms with Gasteiger partial charge in [0.15, 0.2) is 0 Å². The second-order valence-electron chi connectivity index (χ2n) is 6.83. The molecule has 2 rings (SSSR count). The first-order valence-electron chi connectivity index (χ1n) is 8.28. The van der Waals surface area contributed by atoms with Gasteiger partial charge in [-0.2, -0.15) is 0 Å². The first-order valence-corrected chi connectivity index (χ1v) is 8.28. The predicted octanol–water partition coefficient (Wildman–Crippen LogP) is 2.03. The summed E-state index contributed by atoms with van der Waals surface area (Å²) in [5, 5.41) is 0. The summed E-state index contributed by atoms with van der Waals surface area (Å²) in [4.78, 5) is 20.8. The molecule has 0 aliphatic carbocycles. The molecule has 6 nitrogen and oxygen atoms in total. The first-order chi connectivity index (χ1) is 10.9. The highest BCUT2D eigenvalue weighted by atomic mass is 16.6. The molecule has 0 atom stereocenters. The number of rotatable bonds is 4. The summed E-state index contributed by atoms with van der Waals surface area (Å²) in [5.74, 6) is 0.975. The van der Waals surface area contributed by atoms with Crippen LogP contribution in [0.1, 0.15) is 32.9 Å². The number of nitrogens with two attached hydrogens (primary N) is 1. The number of carbonyl (C=O) groups excluding carboxylic acids is 1. The summed E-state index contributed by atoms with van der Waals surface area (Å²) in [6.45, 7) is 9.20. The zero-order valence-electron chi connectivity index (χ0n) is 14.4. The third kappa shape index (κ3) is 5.39. The summed E-state index contributed by atoms with van der Waals surface area (Å²) in [7, 11) is 0. The SMILES string of the molecule is CC(C)(C)OC(=O)N1CCN(c2cccc(CCCN)n2)CC1. The molecule has 0 unspecified atom stereocenters. The topological polar surface area (TPSA) is 71.7 Å². The van der Waals surface area contributed by atoms with Crippen molar-refractivity contribution in [2.45, 2.75) is 39.2 Å². The van der Waals surface area contributed by atoms with Gasteiger partial charge in [0.2, 0.25) is 0 Å². The van der Waals surface area contributed by atoms with E-state index in [4.69, 9.17) is 15.5 Å². The highest BCUT2D eigenvalue weighted by Gasteiger charge is 2.26. The van der Waals surface area contributed by atoms with Crippen LogP contribution in [-0.4, -0.2) is 54.3 Å². The Morgan fingerprint density at radius 1 is 1.26 bits per heavy atom. The van der Waals surface area contributed by atoms with Crippen molar-refractivity contribution in [1.82, 2.24) is 9.88 Å². The van der Waals surface area contributed by atoms with Gasteiger partial charge in [-0.1, -0.05) is 6.07 Å². The molecule has 6 heteroatoms. The van der Waals surface area contributed by atoms with E-state index >= 15 is 0 Å². The van der Waals surface area contributed by atoms with Crippen molar-refractivity contribution in [2.24, 2.45) is 5.73 Å². The van der Waals surface area contributed by atoms with Crippen molar-refractivity contribution in [3.8, 4) is 0 Å². The Morgan fingerprint density at radius 3 is 2.57 bits per heavy atom. The lowest BCUT2D eigenvalue weighted by molar-refractivity contribution is 0.0240. The molecule has 2 heterocycles. The molecule has 1 aromatic rings. The molecule has 0 saturated carbocycles. The number of nitrogens with zero attached hydrogens (tertiary/aromatic N) is 3. The second-order valence-corrected chi connectivity index (χ2v) is 6.83. The molecular formula is C17H28N4O2. The number of pyridine rings is 1. The van der Waals surface area contributed by atoms with E-state index in [9.17, 15) is 4.79 Å². The summed E-state index contributed by atoms with van der Waals surface area (Å²) in [6, 6.07) is 6.10. The summed E-state index contributed by atoms with van der Waals surface area (Å²) in [5.41, 5.74) is 6.18. The summed E-state index contributed by atoms with van der Waals surface area (Å²) >= 11 is 0. The molecule has 1 aliphatic heterocycles. The molecule has 0 spiro atoms. The van der Waals surface area contributed by atoms with Crippen molar-refractivity contribution in [1.29, 1.82) is 0 Å². The van der Waals surface area contributed by atoms with Crippen molar-refractivity contribution in [2.75, 3.05) is 37.6 Å². The maximum absolute atomic E-state index is 12.1. The number of aromatic nitrogens is 1. The average Bonchev–Trinajstić information content (AvgIpc) is 2.52. The van der Waals surface area contributed by atoms with Crippen LogP contribution in [0.2, 0.25) is 0 Å². The largest absolute Gasteiger partial charge is 0.444 e. The molecule has 0 radical (unpaired) electrons. The van der Waals surface area contributed by atoms with Crippen LogP contribution in [-0.2, 0) is 11.2 Å². The van der Waals surface area contributed by atoms with Crippen LogP contribution in [0.25, 0.3) is 0 Å². The molecule has 1 amide bonds. The van der Waals surface area contributed by atoms with Gasteiger partial charge >= 0.3 is 6.09 Å². The Kier molecular flexibility index (Phi) is 5.82. The third-order valence-corrected chi connectivity index (χ3v) is 3.68. The lowest BCUT2D eigenvalue weighted by Crippen LogP contribution is -2.50. The average molecular weight is 320 g/mol. The van der Waals surface area contributed by atoms with E-state index in [1.54, 1.807) is 4.90 Å². The fraction of sp³-hybridized carbons (Fsp3) is 0.647. The molecule has 1 saturated heterocycles. The molecular weight excluding hydrogens is 292 g/mol. The summed E-state index contributed by atoms with van der Waals surface area (Å²) in [6.07, 6.45) is 1.62.